The molecule has 0 aromatic heterocycles. The standard InChI is InChI=1S/C35H41N3O3/c1-24-9-8-12-33(25(24)2)41-20-18-28-13-15-29(16-14-28)31-21-30-22-38(26(3)39)23-32(36-30)34(31)35(40)37(4)19-17-27-10-6-5-7-11-27/h5-16,30,32,36H,17-23H2,1-4H3/t30-,32-/m1/s1. The number of rotatable bonds is 9. The molecule has 0 saturated carbocycles. The van der Waals surface area contributed by atoms with Gasteiger partial charge in [-0.05, 0) is 66.1 Å². The summed E-state index contributed by atoms with van der Waals surface area (Å²) < 4.78 is 6.08. The SMILES string of the molecule is CC(=O)N1C[C@H]2CC(c3ccc(CCOc4cccc(C)c4C)cc3)=C(C(=O)N(C)CCc3ccccc3)[C@@H](C1)N2. The highest BCUT2D eigenvalue weighted by atomic mass is 16.5. The average Bonchev–Trinajstić information content (AvgIpc) is 2.98. The monoisotopic (exact) mass is 551 g/mol. The molecule has 5 rings (SSSR count). The third kappa shape index (κ3) is 6.71. The minimum atomic E-state index is -0.182. The smallest absolute Gasteiger partial charge is 0.251 e. The maximum atomic E-state index is 14.0. The number of nitrogens with zero attached hydrogens (tertiary/aromatic N) is 2. The number of aryl methyl sites for hydroxylation is 1. The van der Waals surface area contributed by atoms with Gasteiger partial charge in [-0.3, -0.25) is 9.59 Å². The van der Waals surface area contributed by atoms with E-state index in [0.29, 0.717) is 32.7 Å². The van der Waals surface area contributed by atoms with E-state index < -0.39 is 0 Å². The second-order valence-corrected chi connectivity index (χ2v) is 11.4. The maximum Gasteiger partial charge on any atom is 0.251 e. The molecule has 1 N–H and O–H groups in total. The van der Waals surface area contributed by atoms with Gasteiger partial charge in [0.15, 0.2) is 0 Å². The largest absolute Gasteiger partial charge is 0.493 e. The van der Waals surface area contributed by atoms with Crippen LogP contribution in [-0.2, 0) is 22.4 Å². The van der Waals surface area contributed by atoms with E-state index in [4.69, 9.17) is 4.74 Å². The Bertz CT molecular complexity index is 1410. The third-order valence-corrected chi connectivity index (χ3v) is 8.51. The predicted octanol–water partition coefficient (Wildman–Crippen LogP) is 4.97. The maximum absolute atomic E-state index is 14.0. The molecule has 0 unspecified atom stereocenters. The summed E-state index contributed by atoms with van der Waals surface area (Å²) in [6.45, 7) is 8.22. The number of nitrogens with one attached hydrogen (secondary N) is 1. The highest BCUT2D eigenvalue weighted by Crippen LogP contribution is 2.34. The lowest BCUT2D eigenvalue weighted by Crippen LogP contribution is -2.61. The lowest BCUT2D eigenvalue weighted by Gasteiger charge is -2.44. The molecule has 6 nitrogen and oxygen atoms in total. The Labute approximate surface area is 244 Å². The molecule has 2 aliphatic rings. The summed E-state index contributed by atoms with van der Waals surface area (Å²) in [5.74, 6) is 1.03. The number of likely N-dealkylation sites (N-methyl/N-ethyl adjacent to an activating group) is 1. The molecular formula is C35H41N3O3. The van der Waals surface area contributed by atoms with Gasteiger partial charge in [0.2, 0.25) is 5.91 Å². The summed E-state index contributed by atoms with van der Waals surface area (Å²) in [5, 5.41) is 3.64. The quantitative estimate of drug-likeness (QED) is 0.408. The van der Waals surface area contributed by atoms with Gasteiger partial charge in [0.25, 0.3) is 5.91 Å². The summed E-state index contributed by atoms with van der Waals surface area (Å²) >= 11 is 0. The number of benzene rings is 3. The van der Waals surface area contributed by atoms with Crippen LogP contribution in [0, 0.1) is 13.8 Å². The van der Waals surface area contributed by atoms with E-state index in [-0.39, 0.29) is 23.9 Å². The minimum absolute atomic E-state index is 0.0308. The molecule has 214 valence electrons. The van der Waals surface area contributed by atoms with Crippen LogP contribution >= 0.6 is 0 Å². The molecule has 1 fully saturated rings. The van der Waals surface area contributed by atoms with Crippen LogP contribution in [0.15, 0.2) is 78.4 Å². The predicted molar refractivity (Wildman–Crippen MR) is 164 cm³/mol. The number of ether oxygens (including phenoxy) is 1. The first-order valence-electron chi connectivity index (χ1n) is 14.6. The van der Waals surface area contributed by atoms with Gasteiger partial charge < -0.3 is 19.9 Å². The van der Waals surface area contributed by atoms with E-state index >= 15 is 0 Å². The molecule has 0 spiro atoms. The Balaban J connectivity index is 1.34. The van der Waals surface area contributed by atoms with Crippen LogP contribution in [0.2, 0.25) is 0 Å². The van der Waals surface area contributed by atoms with Gasteiger partial charge in [0.05, 0.1) is 12.6 Å². The number of hydrogen-bond donors (Lipinski definition) is 1. The highest BCUT2D eigenvalue weighted by Gasteiger charge is 2.39. The fraction of sp³-hybridized carbons (Fsp3) is 0.371. The van der Waals surface area contributed by atoms with E-state index in [0.717, 1.165) is 35.3 Å². The Kier molecular flexibility index (Phi) is 8.89. The van der Waals surface area contributed by atoms with Crippen molar-refractivity contribution in [2.45, 2.75) is 52.1 Å². The van der Waals surface area contributed by atoms with Crippen molar-refractivity contribution in [2.24, 2.45) is 0 Å². The molecule has 0 aliphatic carbocycles. The number of amides is 2. The van der Waals surface area contributed by atoms with Crippen molar-refractivity contribution >= 4 is 17.4 Å². The van der Waals surface area contributed by atoms with E-state index in [2.05, 4.69) is 61.6 Å². The van der Waals surface area contributed by atoms with Gasteiger partial charge in [-0.25, -0.2) is 0 Å². The van der Waals surface area contributed by atoms with Gasteiger partial charge in [-0.2, -0.15) is 0 Å². The normalized spacial score (nSPS) is 18.3. The fourth-order valence-corrected chi connectivity index (χ4v) is 5.90. The summed E-state index contributed by atoms with van der Waals surface area (Å²) in [7, 11) is 1.88. The Morgan fingerprint density at radius 1 is 0.927 bits per heavy atom. The first kappa shape index (κ1) is 28.6. The third-order valence-electron chi connectivity index (χ3n) is 8.51. The minimum Gasteiger partial charge on any atom is -0.493 e. The summed E-state index contributed by atoms with van der Waals surface area (Å²) in [5.41, 5.74) is 7.78. The lowest BCUT2D eigenvalue weighted by molar-refractivity contribution is -0.132. The van der Waals surface area contributed by atoms with E-state index in [9.17, 15) is 9.59 Å². The molecule has 41 heavy (non-hydrogen) atoms. The first-order valence-corrected chi connectivity index (χ1v) is 14.6. The van der Waals surface area contributed by atoms with Crippen molar-refractivity contribution in [2.75, 3.05) is 33.3 Å². The zero-order valence-corrected chi connectivity index (χ0v) is 24.7. The number of piperazine rings is 1. The number of carbonyl (C=O) groups excluding carboxylic acids is 2. The van der Waals surface area contributed by atoms with E-state index in [1.807, 2.05) is 47.2 Å². The van der Waals surface area contributed by atoms with Crippen molar-refractivity contribution in [3.05, 3.63) is 106 Å². The van der Waals surface area contributed by atoms with E-state index in [1.165, 1.54) is 22.3 Å². The molecule has 3 aromatic rings. The second kappa shape index (κ2) is 12.7. The molecule has 0 radical (unpaired) electrons. The molecule has 1 saturated heterocycles. The van der Waals surface area contributed by atoms with E-state index in [1.54, 1.807) is 6.92 Å². The molecule has 2 atom stereocenters. The van der Waals surface area contributed by atoms with Crippen molar-refractivity contribution in [1.29, 1.82) is 0 Å². The topological polar surface area (TPSA) is 61.9 Å². The van der Waals surface area contributed by atoms with Crippen LogP contribution < -0.4 is 10.1 Å². The molecule has 2 aliphatic heterocycles. The van der Waals surface area contributed by atoms with Crippen LogP contribution in [0.5, 0.6) is 5.75 Å². The Hall–Kier alpha value is -3.90. The van der Waals surface area contributed by atoms with Crippen molar-refractivity contribution in [3.8, 4) is 5.75 Å². The van der Waals surface area contributed by atoms with Gasteiger partial charge in [0, 0.05) is 51.6 Å². The average molecular weight is 552 g/mol. The van der Waals surface area contributed by atoms with Crippen LogP contribution in [0.1, 0.15) is 41.2 Å². The van der Waals surface area contributed by atoms with Gasteiger partial charge in [-0.1, -0.05) is 66.7 Å². The summed E-state index contributed by atoms with van der Waals surface area (Å²) in [4.78, 5) is 30.0. The van der Waals surface area contributed by atoms with Crippen LogP contribution in [-0.4, -0.2) is 67.0 Å². The first-order chi connectivity index (χ1) is 19.8. The van der Waals surface area contributed by atoms with Crippen LogP contribution in [0.4, 0.5) is 0 Å². The highest BCUT2D eigenvalue weighted by molar-refractivity contribution is 6.03. The molecule has 6 heteroatoms. The molecule has 2 heterocycles. The number of carbonyl (C=O) groups is 2. The van der Waals surface area contributed by atoms with Gasteiger partial charge in [0.1, 0.15) is 5.75 Å². The van der Waals surface area contributed by atoms with Gasteiger partial charge in [-0.15, -0.1) is 0 Å². The lowest BCUT2D eigenvalue weighted by atomic mass is 9.82. The van der Waals surface area contributed by atoms with Gasteiger partial charge >= 0.3 is 0 Å². The molecule has 2 amide bonds. The zero-order valence-electron chi connectivity index (χ0n) is 24.7. The zero-order chi connectivity index (χ0) is 28.9. The summed E-state index contributed by atoms with van der Waals surface area (Å²) in [6.07, 6.45) is 2.31. The summed E-state index contributed by atoms with van der Waals surface area (Å²) in [6, 6.07) is 24.9. The fourth-order valence-electron chi connectivity index (χ4n) is 5.90. The number of fused-ring (bicyclic) bond motifs is 2. The van der Waals surface area contributed by atoms with Crippen molar-refractivity contribution in [3.63, 3.8) is 0 Å². The molecule has 3 aromatic carbocycles. The second-order valence-electron chi connectivity index (χ2n) is 11.4. The Morgan fingerprint density at radius 3 is 2.39 bits per heavy atom. The molecular weight excluding hydrogens is 510 g/mol. The van der Waals surface area contributed by atoms with Crippen LogP contribution in [0.3, 0.4) is 0 Å². The Morgan fingerprint density at radius 2 is 1.66 bits per heavy atom. The molecule has 2 bridgehead atoms. The number of hydrogen-bond acceptors (Lipinski definition) is 4. The van der Waals surface area contributed by atoms with Crippen molar-refractivity contribution in [1.82, 2.24) is 15.1 Å². The van der Waals surface area contributed by atoms with Crippen LogP contribution in [0.25, 0.3) is 5.57 Å². The van der Waals surface area contributed by atoms with Crippen molar-refractivity contribution < 1.29 is 14.3 Å².